The van der Waals surface area contributed by atoms with Crippen LogP contribution in [0.25, 0.3) is 0 Å². The van der Waals surface area contributed by atoms with Gasteiger partial charge in [0.15, 0.2) is 6.10 Å². The fourth-order valence-electron chi connectivity index (χ4n) is 4.40. The highest BCUT2D eigenvalue weighted by Gasteiger charge is 2.33. The third-order valence-corrected chi connectivity index (χ3v) is 6.23. The van der Waals surface area contributed by atoms with Crippen molar-refractivity contribution in [2.45, 2.75) is 71.1 Å². The highest BCUT2D eigenvalue weighted by atomic mass is 16.5. The first-order chi connectivity index (χ1) is 15.5. The molecule has 0 aromatic heterocycles. The quantitative estimate of drug-likeness (QED) is 0.658. The molecular formula is C27H34N2O3. The van der Waals surface area contributed by atoms with Crippen molar-refractivity contribution in [3.8, 4) is 5.75 Å². The standard InChI is InChI=1S/C27H34N2O3/c1-4-24(27(31)28-21-11-12-21)32-22-13-10-19-14-15-29(25(30)16-18(2)3)26(23(19)17-22)20-8-6-5-7-9-20/h5-10,13,17-18,21,24,26H,4,11-12,14-16H2,1-3H3,(H,28,31). The minimum atomic E-state index is -0.508. The van der Waals surface area contributed by atoms with Crippen LogP contribution in [-0.4, -0.2) is 35.4 Å². The lowest BCUT2D eigenvalue weighted by Crippen LogP contribution is -2.41. The molecule has 0 saturated heterocycles. The molecule has 2 aliphatic rings. The van der Waals surface area contributed by atoms with E-state index in [1.807, 2.05) is 42.2 Å². The first kappa shape index (κ1) is 22.4. The average Bonchev–Trinajstić information content (AvgIpc) is 3.60. The Morgan fingerprint density at radius 1 is 1.12 bits per heavy atom. The van der Waals surface area contributed by atoms with Crippen molar-refractivity contribution in [1.29, 1.82) is 0 Å². The van der Waals surface area contributed by atoms with Gasteiger partial charge in [-0.3, -0.25) is 9.59 Å². The van der Waals surface area contributed by atoms with E-state index in [-0.39, 0.29) is 17.9 Å². The predicted octanol–water partition coefficient (Wildman–Crippen LogP) is 4.64. The summed E-state index contributed by atoms with van der Waals surface area (Å²) in [5.74, 6) is 1.13. The van der Waals surface area contributed by atoms with E-state index in [0.717, 1.165) is 30.4 Å². The summed E-state index contributed by atoms with van der Waals surface area (Å²) in [6.45, 7) is 6.84. The number of hydrogen-bond donors (Lipinski definition) is 1. The molecule has 0 bridgehead atoms. The van der Waals surface area contributed by atoms with Crippen LogP contribution in [0, 0.1) is 5.92 Å². The summed E-state index contributed by atoms with van der Waals surface area (Å²) in [6, 6.07) is 16.5. The number of rotatable bonds is 8. The summed E-state index contributed by atoms with van der Waals surface area (Å²) in [5.41, 5.74) is 3.42. The lowest BCUT2D eigenvalue weighted by Gasteiger charge is -2.38. The fourth-order valence-corrected chi connectivity index (χ4v) is 4.40. The Morgan fingerprint density at radius 2 is 1.88 bits per heavy atom. The van der Waals surface area contributed by atoms with Crippen molar-refractivity contribution in [2.75, 3.05) is 6.54 Å². The number of nitrogens with one attached hydrogen (secondary N) is 1. The molecule has 1 aliphatic heterocycles. The Morgan fingerprint density at radius 3 is 2.53 bits per heavy atom. The van der Waals surface area contributed by atoms with Crippen LogP contribution in [0.15, 0.2) is 48.5 Å². The Hall–Kier alpha value is -2.82. The zero-order valence-electron chi connectivity index (χ0n) is 19.3. The number of benzene rings is 2. The molecule has 5 heteroatoms. The monoisotopic (exact) mass is 434 g/mol. The summed E-state index contributed by atoms with van der Waals surface area (Å²) in [6.07, 6.45) is 3.57. The molecule has 1 heterocycles. The molecule has 1 aliphatic carbocycles. The van der Waals surface area contributed by atoms with Crippen LogP contribution in [0.2, 0.25) is 0 Å². The van der Waals surface area contributed by atoms with E-state index >= 15 is 0 Å². The van der Waals surface area contributed by atoms with Gasteiger partial charge in [0.2, 0.25) is 5.91 Å². The van der Waals surface area contributed by atoms with Crippen LogP contribution in [0.3, 0.4) is 0 Å². The van der Waals surface area contributed by atoms with Gasteiger partial charge in [0, 0.05) is 19.0 Å². The second-order valence-electron chi connectivity index (χ2n) is 9.41. The molecule has 32 heavy (non-hydrogen) atoms. The molecule has 0 radical (unpaired) electrons. The summed E-state index contributed by atoms with van der Waals surface area (Å²) in [7, 11) is 0. The zero-order chi connectivity index (χ0) is 22.7. The van der Waals surface area contributed by atoms with Gasteiger partial charge in [0.05, 0.1) is 6.04 Å². The van der Waals surface area contributed by atoms with Gasteiger partial charge in [-0.1, -0.05) is 57.2 Å². The highest BCUT2D eigenvalue weighted by Crippen LogP contribution is 2.38. The summed E-state index contributed by atoms with van der Waals surface area (Å²) in [5, 5.41) is 3.05. The maximum absolute atomic E-state index is 13.2. The van der Waals surface area contributed by atoms with E-state index in [1.165, 1.54) is 5.56 Å². The third-order valence-electron chi connectivity index (χ3n) is 6.23. The van der Waals surface area contributed by atoms with Crippen molar-refractivity contribution >= 4 is 11.8 Å². The topological polar surface area (TPSA) is 58.6 Å². The van der Waals surface area contributed by atoms with Crippen molar-refractivity contribution in [1.82, 2.24) is 10.2 Å². The lowest BCUT2D eigenvalue weighted by atomic mass is 9.87. The van der Waals surface area contributed by atoms with Crippen molar-refractivity contribution in [2.24, 2.45) is 5.92 Å². The van der Waals surface area contributed by atoms with Crippen molar-refractivity contribution in [3.05, 3.63) is 65.2 Å². The van der Waals surface area contributed by atoms with Crippen LogP contribution in [-0.2, 0) is 16.0 Å². The fraction of sp³-hybridized carbons (Fsp3) is 0.481. The number of nitrogens with zero attached hydrogens (tertiary/aromatic N) is 1. The molecule has 2 unspecified atom stereocenters. The SMILES string of the molecule is CCC(Oc1ccc2c(c1)C(c1ccccc1)N(C(=O)CC(C)C)CC2)C(=O)NC1CC1. The van der Waals surface area contributed by atoms with E-state index in [1.54, 1.807) is 0 Å². The van der Waals surface area contributed by atoms with E-state index in [0.29, 0.717) is 37.1 Å². The molecule has 2 aromatic carbocycles. The highest BCUT2D eigenvalue weighted by molar-refractivity contribution is 5.81. The van der Waals surface area contributed by atoms with Gasteiger partial charge >= 0.3 is 0 Å². The smallest absolute Gasteiger partial charge is 0.261 e. The van der Waals surface area contributed by atoms with Gasteiger partial charge in [0.1, 0.15) is 5.75 Å². The Balaban J connectivity index is 1.64. The van der Waals surface area contributed by atoms with Crippen LogP contribution in [0.1, 0.15) is 69.2 Å². The minimum Gasteiger partial charge on any atom is -0.481 e. The van der Waals surface area contributed by atoms with E-state index in [2.05, 4.69) is 37.4 Å². The molecule has 4 rings (SSSR count). The lowest BCUT2D eigenvalue weighted by molar-refractivity contribution is -0.134. The summed E-state index contributed by atoms with van der Waals surface area (Å²) < 4.78 is 6.15. The number of amides is 2. The largest absolute Gasteiger partial charge is 0.481 e. The van der Waals surface area contributed by atoms with Gasteiger partial charge < -0.3 is 15.0 Å². The predicted molar refractivity (Wildman–Crippen MR) is 125 cm³/mol. The molecule has 2 aromatic rings. The van der Waals surface area contributed by atoms with Gasteiger partial charge in [-0.15, -0.1) is 0 Å². The summed E-state index contributed by atoms with van der Waals surface area (Å²) in [4.78, 5) is 27.7. The Bertz CT molecular complexity index is 953. The molecule has 2 atom stereocenters. The second kappa shape index (κ2) is 9.76. The molecule has 1 N–H and O–H groups in total. The molecule has 2 amide bonds. The molecular weight excluding hydrogens is 400 g/mol. The first-order valence-corrected chi connectivity index (χ1v) is 11.9. The van der Waals surface area contributed by atoms with E-state index in [4.69, 9.17) is 4.74 Å². The number of carbonyl (C=O) groups excluding carboxylic acids is 2. The minimum absolute atomic E-state index is 0.0407. The third kappa shape index (κ3) is 5.14. The molecule has 170 valence electrons. The number of hydrogen-bond acceptors (Lipinski definition) is 3. The Labute approximate surface area is 191 Å². The van der Waals surface area contributed by atoms with Gasteiger partial charge in [-0.2, -0.15) is 0 Å². The molecule has 5 nitrogen and oxygen atoms in total. The van der Waals surface area contributed by atoms with Gasteiger partial charge in [0.25, 0.3) is 5.91 Å². The number of carbonyl (C=O) groups is 2. The molecule has 1 saturated carbocycles. The molecule has 0 spiro atoms. The van der Waals surface area contributed by atoms with Crippen molar-refractivity contribution < 1.29 is 14.3 Å². The van der Waals surface area contributed by atoms with Crippen LogP contribution < -0.4 is 10.1 Å². The second-order valence-corrected chi connectivity index (χ2v) is 9.41. The Kier molecular flexibility index (Phi) is 6.83. The normalized spacial score (nSPS) is 18.8. The van der Waals surface area contributed by atoms with Crippen LogP contribution in [0.4, 0.5) is 0 Å². The maximum atomic E-state index is 13.2. The first-order valence-electron chi connectivity index (χ1n) is 11.9. The average molecular weight is 435 g/mol. The van der Waals surface area contributed by atoms with E-state index < -0.39 is 6.10 Å². The van der Waals surface area contributed by atoms with Crippen LogP contribution in [0.5, 0.6) is 5.75 Å². The van der Waals surface area contributed by atoms with Gasteiger partial charge in [-0.05, 0) is 60.4 Å². The van der Waals surface area contributed by atoms with E-state index in [9.17, 15) is 9.59 Å². The zero-order valence-corrected chi connectivity index (χ0v) is 19.3. The number of fused-ring (bicyclic) bond motifs is 1. The number of ether oxygens (including phenoxy) is 1. The van der Waals surface area contributed by atoms with Crippen LogP contribution >= 0.6 is 0 Å². The van der Waals surface area contributed by atoms with Crippen molar-refractivity contribution in [3.63, 3.8) is 0 Å². The maximum Gasteiger partial charge on any atom is 0.261 e. The summed E-state index contributed by atoms with van der Waals surface area (Å²) >= 11 is 0. The van der Waals surface area contributed by atoms with Gasteiger partial charge in [-0.25, -0.2) is 0 Å². The molecule has 1 fully saturated rings.